The minimum absolute atomic E-state index is 0.0154. The summed E-state index contributed by atoms with van der Waals surface area (Å²) in [6.45, 7) is 7.20. The van der Waals surface area contributed by atoms with E-state index in [-0.39, 0.29) is 36.8 Å². The lowest BCUT2D eigenvalue weighted by Crippen LogP contribution is -2.47. The second-order valence-electron chi connectivity index (χ2n) is 6.11. The van der Waals surface area contributed by atoms with Gasteiger partial charge in [0.1, 0.15) is 12.3 Å². The monoisotopic (exact) mass is 318 g/mol. The maximum atomic E-state index is 12.2. The summed E-state index contributed by atoms with van der Waals surface area (Å²) in [6, 6.07) is 4.91. The predicted octanol–water partition coefficient (Wildman–Crippen LogP) is 1.78. The molecule has 0 fully saturated rings. The van der Waals surface area contributed by atoms with E-state index in [1.165, 1.54) is 11.8 Å². The Morgan fingerprint density at radius 2 is 2.00 bits per heavy atom. The van der Waals surface area contributed by atoms with Gasteiger partial charge in [-0.3, -0.25) is 19.3 Å². The van der Waals surface area contributed by atoms with Crippen molar-refractivity contribution in [2.45, 2.75) is 33.7 Å². The van der Waals surface area contributed by atoms with Crippen LogP contribution in [0.2, 0.25) is 0 Å². The third kappa shape index (κ3) is 3.88. The van der Waals surface area contributed by atoms with Gasteiger partial charge in [0.05, 0.1) is 5.69 Å². The lowest BCUT2D eigenvalue weighted by atomic mass is 10.1. The highest BCUT2D eigenvalue weighted by Gasteiger charge is 2.28. The molecule has 1 aromatic carbocycles. The van der Waals surface area contributed by atoms with Crippen LogP contribution in [0, 0.1) is 5.92 Å². The number of anilines is 1. The number of Topliss-reactive ketones (excluding diaryl/α,β-unsaturated/α-hetero) is 1. The van der Waals surface area contributed by atoms with Crippen LogP contribution in [0.25, 0.3) is 0 Å². The van der Waals surface area contributed by atoms with Crippen molar-refractivity contribution in [3.8, 4) is 5.75 Å². The Balaban J connectivity index is 2.22. The average Bonchev–Trinajstić information content (AvgIpc) is 2.49. The zero-order valence-corrected chi connectivity index (χ0v) is 13.9. The van der Waals surface area contributed by atoms with E-state index in [1.807, 2.05) is 20.8 Å². The molecule has 2 amide bonds. The van der Waals surface area contributed by atoms with Gasteiger partial charge in [-0.25, -0.2) is 0 Å². The van der Waals surface area contributed by atoms with Crippen LogP contribution in [-0.4, -0.2) is 36.8 Å². The first-order chi connectivity index (χ1) is 10.8. The van der Waals surface area contributed by atoms with Crippen molar-refractivity contribution in [2.75, 3.05) is 18.1 Å². The molecular weight excluding hydrogens is 296 g/mol. The third-order valence-electron chi connectivity index (χ3n) is 4.00. The Labute approximate surface area is 135 Å². The van der Waals surface area contributed by atoms with E-state index < -0.39 is 0 Å². The quantitative estimate of drug-likeness (QED) is 0.840. The summed E-state index contributed by atoms with van der Waals surface area (Å²) in [4.78, 5) is 37.2. The number of ether oxygens (including phenoxy) is 1. The normalized spacial score (nSPS) is 15.0. The number of nitrogens with zero attached hydrogens (tertiary/aromatic N) is 1. The third-order valence-corrected chi connectivity index (χ3v) is 4.00. The first kappa shape index (κ1) is 17.0. The summed E-state index contributed by atoms with van der Waals surface area (Å²) < 4.78 is 5.37. The molecule has 1 aliphatic rings. The van der Waals surface area contributed by atoms with Crippen molar-refractivity contribution in [2.24, 2.45) is 5.92 Å². The molecule has 0 saturated heterocycles. The van der Waals surface area contributed by atoms with Crippen LogP contribution in [0.5, 0.6) is 5.75 Å². The number of ketones is 1. The summed E-state index contributed by atoms with van der Waals surface area (Å²) in [7, 11) is 0. The van der Waals surface area contributed by atoms with Gasteiger partial charge in [0, 0.05) is 11.6 Å². The van der Waals surface area contributed by atoms with E-state index in [1.54, 1.807) is 18.2 Å². The van der Waals surface area contributed by atoms with Crippen molar-refractivity contribution < 1.29 is 19.1 Å². The van der Waals surface area contributed by atoms with Crippen LogP contribution in [-0.2, 0) is 9.59 Å². The molecule has 6 heteroatoms. The van der Waals surface area contributed by atoms with Crippen LogP contribution in [0.15, 0.2) is 18.2 Å². The van der Waals surface area contributed by atoms with Gasteiger partial charge in [-0.2, -0.15) is 0 Å². The summed E-state index contributed by atoms with van der Waals surface area (Å²) >= 11 is 0. The highest BCUT2D eigenvalue weighted by atomic mass is 16.5. The molecule has 2 rings (SSSR count). The summed E-state index contributed by atoms with van der Waals surface area (Å²) in [5.74, 6) is 0.157. The zero-order chi connectivity index (χ0) is 17.1. The number of fused-ring (bicyclic) bond motifs is 1. The fourth-order valence-corrected chi connectivity index (χ4v) is 2.20. The molecule has 1 atom stereocenters. The lowest BCUT2D eigenvalue weighted by molar-refractivity contribution is -0.125. The minimum atomic E-state index is -0.300. The second kappa shape index (κ2) is 6.81. The SMILES string of the molecule is CC(=O)c1ccc2c(c1)N(CC(=O)N[C@H](C)C(C)C)C(=O)CO2. The molecule has 0 saturated carbocycles. The van der Waals surface area contributed by atoms with Crippen molar-refractivity contribution in [3.63, 3.8) is 0 Å². The Hall–Kier alpha value is -2.37. The molecule has 6 nitrogen and oxygen atoms in total. The van der Waals surface area contributed by atoms with Gasteiger partial charge in [0.25, 0.3) is 5.91 Å². The van der Waals surface area contributed by atoms with Crippen LogP contribution in [0.4, 0.5) is 5.69 Å². The Bertz CT molecular complexity index is 639. The van der Waals surface area contributed by atoms with E-state index in [4.69, 9.17) is 4.74 Å². The molecule has 1 N–H and O–H groups in total. The highest BCUT2D eigenvalue weighted by molar-refractivity contribution is 6.04. The average molecular weight is 318 g/mol. The van der Waals surface area contributed by atoms with Gasteiger partial charge < -0.3 is 10.1 Å². The van der Waals surface area contributed by atoms with Crippen molar-refractivity contribution in [1.29, 1.82) is 0 Å². The van der Waals surface area contributed by atoms with E-state index in [0.29, 0.717) is 22.9 Å². The van der Waals surface area contributed by atoms with Gasteiger partial charge in [-0.05, 0) is 38.0 Å². The van der Waals surface area contributed by atoms with E-state index in [2.05, 4.69) is 5.32 Å². The van der Waals surface area contributed by atoms with E-state index in [0.717, 1.165) is 0 Å². The van der Waals surface area contributed by atoms with Crippen LogP contribution in [0.1, 0.15) is 38.1 Å². The van der Waals surface area contributed by atoms with Gasteiger partial charge >= 0.3 is 0 Å². The number of carbonyl (C=O) groups is 3. The van der Waals surface area contributed by atoms with Gasteiger partial charge in [-0.1, -0.05) is 13.8 Å². The van der Waals surface area contributed by atoms with Crippen LogP contribution < -0.4 is 15.0 Å². The fraction of sp³-hybridized carbons (Fsp3) is 0.471. The molecule has 1 aliphatic heterocycles. The molecule has 0 radical (unpaired) electrons. The lowest BCUT2D eigenvalue weighted by Gasteiger charge is -2.30. The largest absolute Gasteiger partial charge is 0.482 e. The minimum Gasteiger partial charge on any atom is -0.482 e. The van der Waals surface area contributed by atoms with Crippen molar-refractivity contribution in [1.82, 2.24) is 5.32 Å². The number of benzene rings is 1. The molecule has 124 valence electrons. The predicted molar refractivity (Wildman–Crippen MR) is 86.7 cm³/mol. The molecular formula is C17H22N2O4. The number of hydrogen-bond donors (Lipinski definition) is 1. The van der Waals surface area contributed by atoms with Crippen molar-refractivity contribution in [3.05, 3.63) is 23.8 Å². The smallest absolute Gasteiger partial charge is 0.265 e. The second-order valence-corrected chi connectivity index (χ2v) is 6.11. The standard InChI is InChI=1S/C17H22N2O4/c1-10(2)11(3)18-16(21)8-19-14-7-13(12(4)20)5-6-15(14)23-9-17(19)22/h5-7,10-11H,8-9H2,1-4H3,(H,18,21)/t11-/m1/s1. The molecule has 0 aliphatic carbocycles. The molecule has 23 heavy (non-hydrogen) atoms. The van der Waals surface area contributed by atoms with Crippen LogP contribution in [0.3, 0.4) is 0 Å². The molecule has 0 unspecified atom stereocenters. The van der Waals surface area contributed by atoms with Gasteiger partial charge in [-0.15, -0.1) is 0 Å². The number of amides is 2. The number of rotatable bonds is 5. The molecule has 1 aromatic rings. The first-order valence-electron chi connectivity index (χ1n) is 7.67. The van der Waals surface area contributed by atoms with Crippen molar-refractivity contribution >= 4 is 23.3 Å². The molecule has 0 spiro atoms. The number of nitrogens with one attached hydrogen (secondary N) is 1. The van der Waals surface area contributed by atoms with E-state index >= 15 is 0 Å². The van der Waals surface area contributed by atoms with E-state index in [9.17, 15) is 14.4 Å². The van der Waals surface area contributed by atoms with Crippen LogP contribution >= 0.6 is 0 Å². The summed E-state index contributed by atoms with van der Waals surface area (Å²) in [5, 5.41) is 2.87. The molecule has 1 heterocycles. The molecule has 0 bridgehead atoms. The number of hydrogen-bond acceptors (Lipinski definition) is 4. The number of carbonyl (C=O) groups excluding carboxylic acids is 3. The Kier molecular flexibility index (Phi) is 5.03. The topological polar surface area (TPSA) is 75.7 Å². The Morgan fingerprint density at radius 3 is 2.61 bits per heavy atom. The van der Waals surface area contributed by atoms with Gasteiger partial charge in [0.2, 0.25) is 5.91 Å². The maximum Gasteiger partial charge on any atom is 0.265 e. The maximum absolute atomic E-state index is 12.2. The van der Waals surface area contributed by atoms with Gasteiger partial charge in [0.15, 0.2) is 12.4 Å². The molecule has 0 aromatic heterocycles. The Morgan fingerprint density at radius 1 is 1.30 bits per heavy atom. The first-order valence-corrected chi connectivity index (χ1v) is 7.67. The highest BCUT2D eigenvalue weighted by Crippen LogP contribution is 2.33. The zero-order valence-electron chi connectivity index (χ0n) is 13.9. The fourth-order valence-electron chi connectivity index (χ4n) is 2.20. The summed E-state index contributed by atoms with van der Waals surface area (Å²) in [6.07, 6.45) is 0. The summed E-state index contributed by atoms with van der Waals surface area (Å²) in [5.41, 5.74) is 0.935.